The lowest BCUT2D eigenvalue weighted by Crippen LogP contribution is -2.29. The van der Waals surface area contributed by atoms with E-state index in [0.29, 0.717) is 6.42 Å². The van der Waals surface area contributed by atoms with E-state index in [1.54, 1.807) is 0 Å². The highest BCUT2D eigenvalue weighted by Crippen LogP contribution is 2.43. The second kappa shape index (κ2) is 60.6. The Hall–Kier alpha value is -3.59. The lowest BCUT2D eigenvalue weighted by Gasteiger charge is -2.19. The van der Waals surface area contributed by atoms with Gasteiger partial charge in [-0.3, -0.25) is 18.6 Å². The van der Waals surface area contributed by atoms with Crippen molar-refractivity contribution in [2.75, 3.05) is 26.4 Å². The first-order chi connectivity index (χ1) is 37.3. The molecule has 0 fully saturated rings. The Labute approximate surface area is 466 Å². The average molecular weight is 1080 g/mol. The number of phosphoric ester groups is 1. The van der Waals surface area contributed by atoms with Crippen molar-refractivity contribution in [1.29, 1.82) is 0 Å². The summed E-state index contributed by atoms with van der Waals surface area (Å²) in [6.07, 6.45) is 84.0. The summed E-state index contributed by atoms with van der Waals surface area (Å²) < 4.78 is 33.0. The van der Waals surface area contributed by atoms with Crippen molar-refractivity contribution in [3.63, 3.8) is 0 Å². The van der Waals surface area contributed by atoms with Crippen LogP contribution < -0.4 is 5.73 Å². The van der Waals surface area contributed by atoms with E-state index in [1.165, 1.54) is 109 Å². The molecule has 0 aromatic carbocycles. The van der Waals surface area contributed by atoms with Crippen LogP contribution in [-0.4, -0.2) is 49.3 Å². The second-order valence-electron chi connectivity index (χ2n) is 19.8. The molecule has 0 radical (unpaired) electrons. The molecule has 3 N–H and O–H groups in total. The first-order valence-corrected chi connectivity index (χ1v) is 32.0. The van der Waals surface area contributed by atoms with Gasteiger partial charge in [0.15, 0.2) is 6.10 Å². The van der Waals surface area contributed by atoms with Crippen LogP contribution in [-0.2, 0) is 32.7 Å². The summed E-state index contributed by atoms with van der Waals surface area (Å²) in [4.78, 5) is 35.2. The predicted molar refractivity (Wildman–Crippen MR) is 325 cm³/mol. The van der Waals surface area contributed by atoms with Crippen LogP contribution in [0.2, 0.25) is 0 Å². The van der Waals surface area contributed by atoms with E-state index < -0.39 is 26.5 Å². The molecule has 76 heavy (non-hydrogen) atoms. The fraction of sp³-hybridized carbons (Fsp3) is 0.667. The maximum Gasteiger partial charge on any atom is 0.472 e. The molecular weight excluding hydrogens is 966 g/mol. The quantitative estimate of drug-likeness (QED) is 0.0264. The predicted octanol–water partition coefficient (Wildman–Crippen LogP) is 19.6. The summed E-state index contributed by atoms with van der Waals surface area (Å²) in [5.74, 6) is -0.857. The van der Waals surface area contributed by atoms with Crippen LogP contribution in [0.3, 0.4) is 0 Å². The summed E-state index contributed by atoms with van der Waals surface area (Å²) in [7, 11) is -4.40. The second-order valence-corrected chi connectivity index (χ2v) is 21.3. The molecule has 2 atom stereocenters. The van der Waals surface area contributed by atoms with Crippen LogP contribution in [0.4, 0.5) is 0 Å². The molecule has 0 heterocycles. The Bertz CT molecular complexity index is 1660. The molecule has 2 unspecified atom stereocenters. The van der Waals surface area contributed by atoms with E-state index in [4.69, 9.17) is 24.3 Å². The summed E-state index contributed by atoms with van der Waals surface area (Å²) in [5.41, 5.74) is 5.38. The van der Waals surface area contributed by atoms with E-state index in [1.807, 2.05) is 0 Å². The number of allylic oxidation sites excluding steroid dienone is 20. The van der Waals surface area contributed by atoms with Crippen molar-refractivity contribution >= 4 is 19.8 Å². The summed E-state index contributed by atoms with van der Waals surface area (Å²) in [6, 6.07) is 0. The lowest BCUT2D eigenvalue weighted by atomic mass is 10.0. The van der Waals surface area contributed by atoms with Crippen molar-refractivity contribution in [3.05, 3.63) is 122 Å². The number of esters is 2. The minimum absolute atomic E-state index is 0.0440. The largest absolute Gasteiger partial charge is 0.472 e. The number of ether oxygens (including phenoxy) is 2. The molecule has 0 aliphatic heterocycles. The first kappa shape index (κ1) is 72.4. The van der Waals surface area contributed by atoms with Crippen LogP contribution in [0.5, 0.6) is 0 Å². The molecule has 9 nitrogen and oxygen atoms in total. The molecule has 0 rings (SSSR count). The van der Waals surface area contributed by atoms with Gasteiger partial charge in [-0.2, -0.15) is 0 Å². The molecule has 0 bridgehead atoms. The minimum Gasteiger partial charge on any atom is -0.462 e. The van der Waals surface area contributed by atoms with Crippen molar-refractivity contribution in [3.8, 4) is 0 Å². The third-order valence-corrected chi connectivity index (χ3v) is 13.6. The van der Waals surface area contributed by atoms with Crippen LogP contribution >= 0.6 is 7.82 Å². The molecule has 10 heteroatoms. The monoisotopic (exact) mass is 1080 g/mol. The Kier molecular flexibility index (Phi) is 57.8. The maximum atomic E-state index is 12.7. The summed E-state index contributed by atoms with van der Waals surface area (Å²) in [5, 5.41) is 0. The Morgan fingerprint density at radius 2 is 0.724 bits per heavy atom. The fourth-order valence-electron chi connectivity index (χ4n) is 8.13. The van der Waals surface area contributed by atoms with Crippen molar-refractivity contribution in [1.82, 2.24) is 0 Å². The van der Waals surface area contributed by atoms with Gasteiger partial charge in [-0.05, 0) is 89.9 Å². The molecule has 0 spiro atoms. The Morgan fingerprint density at radius 3 is 1.08 bits per heavy atom. The Morgan fingerprint density at radius 1 is 0.408 bits per heavy atom. The number of carbonyl (C=O) groups excluding carboxylic acids is 2. The van der Waals surface area contributed by atoms with Gasteiger partial charge in [-0.15, -0.1) is 0 Å². The van der Waals surface area contributed by atoms with Gasteiger partial charge in [-0.1, -0.05) is 270 Å². The van der Waals surface area contributed by atoms with Gasteiger partial charge in [0.25, 0.3) is 0 Å². The van der Waals surface area contributed by atoms with Gasteiger partial charge < -0.3 is 20.1 Å². The van der Waals surface area contributed by atoms with E-state index in [-0.39, 0.29) is 38.6 Å². The number of hydrogen-bond acceptors (Lipinski definition) is 8. The molecule has 0 aromatic heterocycles. The molecule has 0 aromatic rings. The van der Waals surface area contributed by atoms with E-state index in [9.17, 15) is 19.0 Å². The molecule has 0 aliphatic rings. The zero-order chi connectivity index (χ0) is 55.2. The highest BCUT2D eigenvalue weighted by atomic mass is 31.2. The normalized spacial score (nSPS) is 13.9. The highest BCUT2D eigenvalue weighted by molar-refractivity contribution is 7.47. The van der Waals surface area contributed by atoms with Gasteiger partial charge in [0, 0.05) is 19.4 Å². The van der Waals surface area contributed by atoms with E-state index in [0.717, 1.165) is 109 Å². The molecule has 0 amide bonds. The van der Waals surface area contributed by atoms with Gasteiger partial charge in [0.05, 0.1) is 13.2 Å². The van der Waals surface area contributed by atoms with Crippen LogP contribution in [0, 0.1) is 0 Å². The number of phosphoric acid groups is 1. The van der Waals surface area contributed by atoms with Crippen LogP contribution in [0.1, 0.15) is 251 Å². The summed E-state index contributed by atoms with van der Waals surface area (Å²) >= 11 is 0. The van der Waals surface area contributed by atoms with Gasteiger partial charge >= 0.3 is 19.8 Å². The molecule has 0 aliphatic carbocycles. The van der Waals surface area contributed by atoms with E-state index >= 15 is 0 Å². The highest BCUT2D eigenvalue weighted by Gasteiger charge is 2.26. The number of carbonyl (C=O) groups is 2. The fourth-order valence-corrected chi connectivity index (χ4v) is 8.90. The average Bonchev–Trinajstić information content (AvgIpc) is 3.41. The topological polar surface area (TPSA) is 134 Å². The standard InChI is InChI=1S/C66H112NO8P/c1-3-5-7-9-11-13-15-17-19-21-23-25-26-27-28-29-30-31-32-33-34-35-36-37-38-39-41-43-45-47-49-51-53-55-57-59-66(69)75-64(63-74-76(70,71)73-61-60-67)62-72-65(68)58-56-54-52-50-48-46-44-42-40-24-22-20-18-16-14-12-10-8-6-4-2/h5,7,11,13,17,19,23,25,27-28,30-31,33-34,36-37,39,41,45,47,64H,3-4,6,8-10,12,14-16,18,20-22,24,26,29,32,35,38,40,42-44,46,48-63,67H2,1-2H3,(H,70,71)/b7-5-,13-11-,19-17-,25-23-,28-27-,31-30-,34-33-,37-36-,41-39-,47-45-. The summed E-state index contributed by atoms with van der Waals surface area (Å²) in [6.45, 7) is 3.61. The van der Waals surface area contributed by atoms with Gasteiger partial charge in [-0.25, -0.2) is 4.57 Å². The molecule has 0 saturated carbocycles. The first-order valence-electron chi connectivity index (χ1n) is 30.5. The molecule has 434 valence electrons. The lowest BCUT2D eigenvalue weighted by molar-refractivity contribution is -0.161. The third-order valence-electron chi connectivity index (χ3n) is 12.6. The smallest absolute Gasteiger partial charge is 0.462 e. The molecular formula is C66H112NO8P. The number of hydrogen-bond donors (Lipinski definition) is 2. The zero-order valence-corrected chi connectivity index (χ0v) is 49.3. The van der Waals surface area contributed by atoms with Crippen molar-refractivity contribution in [2.24, 2.45) is 5.73 Å². The number of nitrogens with two attached hydrogens (primary N) is 1. The van der Waals surface area contributed by atoms with E-state index in [2.05, 4.69) is 135 Å². The number of rotatable bonds is 56. The van der Waals surface area contributed by atoms with Crippen molar-refractivity contribution in [2.45, 2.75) is 258 Å². The van der Waals surface area contributed by atoms with Gasteiger partial charge in [0.1, 0.15) is 6.61 Å². The van der Waals surface area contributed by atoms with Crippen LogP contribution in [0.15, 0.2) is 122 Å². The Balaban J connectivity index is 4.06. The third kappa shape index (κ3) is 59.7. The minimum atomic E-state index is -4.40. The maximum absolute atomic E-state index is 12.7. The van der Waals surface area contributed by atoms with Crippen molar-refractivity contribution < 1.29 is 37.6 Å². The molecule has 0 saturated heterocycles. The van der Waals surface area contributed by atoms with Gasteiger partial charge in [0.2, 0.25) is 0 Å². The number of unbranched alkanes of at least 4 members (excludes halogenated alkanes) is 23. The van der Waals surface area contributed by atoms with Crippen LogP contribution in [0.25, 0.3) is 0 Å². The SMILES string of the molecule is CC/C=C\C/C=C\C/C=C\C/C=C\C/C=C\C/C=C\C/C=C\C/C=C\C/C=C\C/C=C\CCCCCCC(=O)OC(COC(=O)CCCCCCCCCCCCCCCCCCCCCC)COP(=O)(O)OCCN. The zero-order valence-electron chi connectivity index (χ0n) is 48.4.